The van der Waals surface area contributed by atoms with E-state index in [2.05, 4.69) is 4.98 Å². The number of halogens is 2. The molecule has 6 heteroatoms. The number of aromatic nitrogens is 1. The van der Waals surface area contributed by atoms with E-state index in [0.717, 1.165) is 18.3 Å². The Morgan fingerprint density at radius 2 is 1.94 bits per heavy atom. The SMILES string of the molecule is O=C(O)c1cnc2cc(F)cc(F)c2c1.[LiH]. The van der Waals surface area contributed by atoms with Gasteiger partial charge < -0.3 is 5.11 Å². The van der Waals surface area contributed by atoms with Crippen molar-refractivity contribution >= 4 is 35.7 Å². The van der Waals surface area contributed by atoms with Gasteiger partial charge in [0.2, 0.25) is 0 Å². The molecule has 0 aliphatic rings. The van der Waals surface area contributed by atoms with Gasteiger partial charge in [0, 0.05) is 23.7 Å². The maximum atomic E-state index is 13.2. The molecule has 0 radical (unpaired) electrons. The van der Waals surface area contributed by atoms with Gasteiger partial charge in [0.05, 0.1) is 11.1 Å². The molecule has 1 heterocycles. The molecule has 0 saturated heterocycles. The first-order chi connectivity index (χ1) is 7.08. The molecule has 0 spiro atoms. The average Bonchev–Trinajstić information content (AvgIpc) is 2.16. The van der Waals surface area contributed by atoms with Crippen molar-refractivity contribution < 1.29 is 18.7 Å². The zero-order chi connectivity index (χ0) is 11.0. The predicted molar refractivity (Wildman–Crippen MR) is 55.8 cm³/mol. The molecule has 3 nitrogen and oxygen atoms in total. The van der Waals surface area contributed by atoms with E-state index < -0.39 is 17.6 Å². The van der Waals surface area contributed by atoms with E-state index in [1.165, 1.54) is 0 Å². The number of benzene rings is 1. The van der Waals surface area contributed by atoms with E-state index in [9.17, 15) is 13.6 Å². The first-order valence-electron chi connectivity index (χ1n) is 4.06. The van der Waals surface area contributed by atoms with Crippen LogP contribution < -0.4 is 0 Å². The summed E-state index contributed by atoms with van der Waals surface area (Å²) < 4.78 is 26.0. The summed E-state index contributed by atoms with van der Waals surface area (Å²) >= 11 is 0. The Morgan fingerprint density at radius 1 is 1.25 bits per heavy atom. The van der Waals surface area contributed by atoms with Crippen LogP contribution in [-0.4, -0.2) is 34.9 Å². The summed E-state index contributed by atoms with van der Waals surface area (Å²) in [5, 5.41) is 8.65. The number of carbonyl (C=O) groups is 1. The van der Waals surface area contributed by atoms with E-state index in [1.807, 2.05) is 0 Å². The summed E-state index contributed by atoms with van der Waals surface area (Å²) in [6.45, 7) is 0. The minimum absolute atomic E-state index is 0. The molecule has 0 aliphatic carbocycles. The van der Waals surface area contributed by atoms with Gasteiger partial charge >= 0.3 is 24.8 Å². The molecule has 2 aromatic rings. The van der Waals surface area contributed by atoms with Gasteiger partial charge in [-0.2, -0.15) is 0 Å². The maximum absolute atomic E-state index is 13.2. The molecule has 0 amide bonds. The van der Waals surface area contributed by atoms with Crippen molar-refractivity contribution in [1.29, 1.82) is 0 Å². The Balaban J connectivity index is 0.00000128. The Hall–Kier alpha value is -1.44. The average molecular weight is 217 g/mol. The number of nitrogens with zero attached hydrogens (tertiary/aromatic N) is 1. The molecule has 0 fully saturated rings. The predicted octanol–water partition coefficient (Wildman–Crippen LogP) is 1.56. The van der Waals surface area contributed by atoms with Crippen molar-refractivity contribution in [2.45, 2.75) is 0 Å². The first kappa shape index (κ1) is 12.6. The van der Waals surface area contributed by atoms with Gasteiger partial charge in [0.25, 0.3) is 0 Å². The summed E-state index contributed by atoms with van der Waals surface area (Å²) in [7, 11) is 0. The third-order valence-corrected chi connectivity index (χ3v) is 1.96. The van der Waals surface area contributed by atoms with Crippen molar-refractivity contribution in [1.82, 2.24) is 4.98 Å². The third-order valence-electron chi connectivity index (χ3n) is 1.96. The van der Waals surface area contributed by atoms with Gasteiger partial charge in [0.1, 0.15) is 11.6 Å². The number of carboxylic acid groups (broad SMARTS) is 1. The first-order valence-corrected chi connectivity index (χ1v) is 4.06. The van der Waals surface area contributed by atoms with Crippen LogP contribution in [0.3, 0.4) is 0 Å². The zero-order valence-electron chi connectivity index (χ0n) is 7.37. The van der Waals surface area contributed by atoms with Gasteiger partial charge in [-0.25, -0.2) is 13.6 Å². The Morgan fingerprint density at radius 3 is 2.56 bits per heavy atom. The van der Waals surface area contributed by atoms with Crippen LogP contribution in [0.5, 0.6) is 0 Å². The molecule has 0 bridgehead atoms. The van der Waals surface area contributed by atoms with Crippen molar-refractivity contribution in [3.05, 3.63) is 41.6 Å². The quantitative estimate of drug-likeness (QED) is 0.737. The topological polar surface area (TPSA) is 50.2 Å². The number of fused-ring (bicyclic) bond motifs is 1. The summed E-state index contributed by atoms with van der Waals surface area (Å²) in [6.07, 6.45) is 1.06. The van der Waals surface area contributed by atoms with Gasteiger partial charge in [-0.1, -0.05) is 0 Å². The molecule has 0 atom stereocenters. The summed E-state index contributed by atoms with van der Waals surface area (Å²) in [4.78, 5) is 14.2. The van der Waals surface area contributed by atoms with Crippen molar-refractivity contribution in [2.24, 2.45) is 0 Å². The van der Waals surface area contributed by atoms with Crippen LogP contribution in [0, 0.1) is 11.6 Å². The van der Waals surface area contributed by atoms with Crippen LogP contribution in [0.15, 0.2) is 24.4 Å². The van der Waals surface area contributed by atoms with Gasteiger partial charge in [0.15, 0.2) is 0 Å². The van der Waals surface area contributed by atoms with Crippen molar-refractivity contribution in [3.63, 3.8) is 0 Å². The molecule has 1 aromatic carbocycles. The van der Waals surface area contributed by atoms with Gasteiger partial charge in [-0.3, -0.25) is 4.98 Å². The van der Waals surface area contributed by atoms with E-state index in [-0.39, 0.29) is 35.3 Å². The minimum atomic E-state index is -1.20. The Bertz CT molecular complexity index is 560. The molecule has 78 valence electrons. The normalized spacial score (nSPS) is 9.88. The third kappa shape index (κ3) is 2.21. The summed E-state index contributed by atoms with van der Waals surface area (Å²) in [5.74, 6) is -2.76. The number of aromatic carboxylic acids is 1. The van der Waals surface area contributed by atoms with E-state index in [0.29, 0.717) is 6.07 Å². The fourth-order valence-electron chi connectivity index (χ4n) is 1.27. The standard InChI is InChI=1S/C10H5F2NO2.Li.H/c11-6-2-8(12)7-1-5(10(14)15)4-13-9(7)3-6;;/h1-4H,(H,14,15);;. The van der Waals surface area contributed by atoms with Crippen LogP contribution in [0.25, 0.3) is 10.9 Å². The molecule has 1 aromatic heterocycles. The molecule has 16 heavy (non-hydrogen) atoms. The molecule has 1 N–H and O–H groups in total. The van der Waals surface area contributed by atoms with Crippen LogP contribution >= 0.6 is 0 Å². The molecular weight excluding hydrogens is 211 g/mol. The fourth-order valence-corrected chi connectivity index (χ4v) is 1.27. The summed E-state index contributed by atoms with van der Waals surface area (Å²) in [5.41, 5.74) is -0.0366. The van der Waals surface area contributed by atoms with Crippen molar-refractivity contribution in [2.75, 3.05) is 0 Å². The second-order valence-corrected chi connectivity index (χ2v) is 2.98. The number of hydrogen-bond donors (Lipinski definition) is 1. The number of hydrogen-bond acceptors (Lipinski definition) is 2. The van der Waals surface area contributed by atoms with Crippen LogP contribution in [-0.2, 0) is 0 Å². The molecule has 0 unspecified atom stereocenters. The Kier molecular flexibility index (Phi) is 3.63. The monoisotopic (exact) mass is 217 g/mol. The summed E-state index contributed by atoms with van der Waals surface area (Å²) in [6, 6.07) is 2.86. The number of carboxylic acids is 1. The van der Waals surface area contributed by atoms with E-state index >= 15 is 0 Å². The van der Waals surface area contributed by atoms with Crippen LogP contribution in [0.4, 0.5) is 8.78 Å². The van der Waals surface area contributed by atoms with Crippen LogP contribution in [0.1, 0.15) is 10.4 Å². The van der Waals surface area contributed by atoms with E-state index in [4.69, 9.17) is 5.11 Å². The Labute approximate surface area is 101 Å². The van der Waals surface area contributed by atoms with Crippen molar-refractivity contribution in [3.8, 4) is 0 Å². The molecule has 0 aliphatic heterocycles. The van der Waals surface area contributed by atoms with E-state index in [1.54, 1.807) is 0 Å². The van der Waals surface area contributed by atoms with Gasteiger partial charge in [-0.05, 0) is 6.07 Å². The number of pyridine rings is 1. The molecule has 0 saturated carbocycles. The number of rotatable bonds is 1. The molecule has 2 rings (SSSR count). The van der Waals surface area contributed by atoms with Gasteiger partial charge in [-0.15, -0.1) is 0 Å². The second kappa shape index (κ2) is 4.60. The zero-order valence-corrected chi connectivity index (χ0v) is 7.37. The molecular formula is C10H6F2LiNO2. The van der Waals surface area contributed by atoms with Crippen LogP contribution in [0.2, 0.25) is 0 Å². The fraction of sp³-hybridized carbons (Fsp3) is 0. The second-order valence-electron chi connectivity index (χ2n) is 2.98.